The van der Waals surface area contributed by atoms with Gasteiger partial charge in [-0.2, -0.15) is 0 Å². The number of hydrogen-bond donors (Lipinski definition) is 2. The van der Waals surface area contributed by atoms with Crippen LogP contribution in [0.25, 0.3) is 0 Å². The van der Waals surface area contributed by atoms with E-state index in [9.17, 15) is 4.79 Å². The second-order valence-corrected chi connectivity index (χ2v) is 4.62. The van der Waals surface area contributed by atoms with Crippen LogP contribution in [0.3, 0.4) is 0 Å². The van der Waals surface area contributed by atoms with E-state index in [0.29, 0.717) is 5.69 Å². The molecule has 0 radical (unpaired) electrons. The summed E-state index contributed by atoms with van der Waals surface area (Å²) in [5, 5.41) is 11.7. The highest BCUT2D eigenvalue weighted by Crippen LogP contribution is 2.20. The molecule has 0 atom stereocenters. The van der Waals surface area contributed by atoms with Crippen LogP contribution in [0.1, 0.15) is 28.6 Å². The molecule has 1 aromatic carbocycles. The van der Waals surface area contributed by atoms with E-state index >= 15 is 0 Å². The van der Waals surface area contributed by atoms with Gasteiger partial charge in [0, 0.05) is 11.3 Å². The van der Waals surface area contributed by atoms with Gasteiger partial charge in [-0.05, 0) is 53.9 Å². The molecule has 0 saturated heterocycles. The molecule has 0 aliphatic rings. The van der Waals surface area contributed by atoms with Crippen molar-refractivity contribution in [2.45, 2.75) is 13.3 Å². The van der Waals surface area contributed by atoms with Gasteiger partial charge in [0.1, 0.15) is 6.61 Å². The highest BCUT2D eigenvalue weighted by molar-refractivity contribution is 6.29. The predicted octanol–water partition coefficient (Wildman–Crippen LogP) is 3.09. The first-order valence-electron chi connectivity index (χ1n) is 6.43. The maximum absolute atomic E-state index is 12.0. The first-order chi connectivity index (χ1) is 10.1. The van der Waals surface area contributed by atoms with Crippen LogP contribution in [-0.4, -0.2) is 17.6 Å². The number of aliphatic hydroxyl groups is 1. The number of furan rings is 1. The largest absolute Gasteiger partial charge is 0.440 e. The molecule has 0 spiro atoms. The van der Waals surface area contributed by atoms with Gasteiger partial charge in [0.05, 0.1) is 0 Å². The van der Waals surface area contributed by atoms with E-state index in [2.05, 4.69) is 17.2 Å². The van der Waals surface area contributed by atoms with Crippen LogP contribution in [0.15, 0.2) is 34.7 Å². The molecule has 2 N–H and O–H groups in total. The van der Waals surface area contributed by atoms with Crippen molar-refractivity contribution >= 4 is 23.2 Å². The summed E-state index contributed by atoms with van der Waals surface area (Å²) in [6.45, 7) is 1.80. The lowest BCUT2D eigenvalue weighted by Gasteiger charge is -2.09. The smallest absolute Gasteiger partial charge is 0.291 e. The van der Waals surface area contributed by atoms with Crippen molar-refractivity contribution in [3.63, 3.8) is 0 Å². The van der Waals surface area contributed by atoms with Crippen molar-refractivity contribution in [2.24, 2.45) is 0 Å². The van der Waals surface area contributed by atoms with Crippen LogP contribution in [-0.2, 0) is 6.42 Å². The molecule has 4 nitrogen and oxygen atoms in total. The quantitative estimate of drug-likeness (QED) is 0.857. The fourth-order valence-corrected chi connectivity index (χ4v) is 1.99. The van der Waals surface area contributed by atoms with Crippen molar-refractivity contribution in [1.29, 1.82) is 0 Å². The Hall–Kier alpha value is -2.22. The minimum absolute atomic E-state index is 0.159. The topological polar surface area (TPSA) is 62.5 Å². The minimum Gasteiger partial charge on any atom is -0.440 e. The standard InChI is InChI=1S/C16H14ClNO3/c1-2-12-10-11(4-3-9-19)5-6-13(12)18-16(20)14-7-8-15(17)21-14/h5-8,10,19H,2,9H2,1H3,(H,18,20). The van der Waals surface area contributed by atoms with Crippen LogP contribution in [0.4, 0.5) is 5.69 Å². The van der Waals surface area contributed by atoms with Gasteiger partial charge in [0.2, 0.25) is 0 Å². The average molecular weight is 304 g/mol. The summed E-state index contributed by atoms with van der Waals surface area (Å²) in [7, 11) is 0. The maximum Gasteiger partial charge on any atom is 0.291 e. The van der Waals surface area contributed by atoms with E-state index in [1.165, 1.54) is 12.1 Å². The van der Waals surface area contributed by atoms with Gasteiger partial charge in [0.15, 0.2) is 11.0 Å². The fraction of sp³-hybridized carbons (Fsp3) is 0.188. The summed E-state index contributed by atoms with van der Waals surface area (Å²) >= 11 is 5.65. The molecule has 21 heavy (non-hydrogen) atoms. The minimum atomic E-state index is -0.356. The molecule has 0 saturated carbocycles. The normalized spacial score (nSPS) is 9.86. The van der Waals surface area contributed by atoms with Crippen molar-refractivity contribution in [2.75, 3.05) is 11.9 Å². The number of anilines is 1. The van der Waals surface area contributed by atoms with E-state index < -0.39 is 0 Å². The molecular weight excluding hydrogens is 290 g/mol. The zero-order valence-corrected chi connectivity index (χ0v) is 12.2. The number of halogens is 1. The third kappa shape index (κ3) is 3.88. The zero-order chi connectivity index (χ0) is 15.2. The Balaban J connectivity index is 2.21. The van der Waals surface area contributed by atoms with E-state index in [1.807, 2.05) is 13.0 Å². The van der Waals surface area contributed by atoms with Gasteiger partial charge in [-0.3, -0.25) is 4.79 Å². The van der Waals surface area contributed by atoms with E-state index in [1.54, 1.807) is 12.1 Å². The lowest BCUT2D eigenvalue weighted by molar-refractivity contribution is 0.0996. The van der Waals surface area contributed by atoms with Crippen LogP contribution in [0.2, 0.25) is 5.22 Å². The molecule has 5 heteroatoms. The number of benzene rings is 1. The molecule has 0 aliphatic heterocycles. The molecule has 0 fully saturated rings. The highest BCUT2D eigenvalue weighted by atomic mass is 35.5. The zero-order valence-electron chi connectivity index (χ0n) is 11.4. The van der Waals surface area contributed by atoms with Crippen LogP contribution < -0.4 is 5.32 Å². The van der Waals surface area contributed by atoms with Gasteiger partial charge >= 0.3 is 0 Å². The SMILES string of the molecule is CCc1cc(C#CCO)ccc1NC(=O)c1ccc(Cl)o1. The Labute approximate surface area is 127 Å². The summed E-state index contributed by atoms with van der Waals surface area (Å²) in [6.07, 6.45) is 0.739. The lowest BCUT2D eigenvalue weighted by Crippen LogP contribution is -2.12. The molecule has 1 amide bonds. The number of carbonyl (C=O) groups excluding carboxylic acids is 1. The average Bonchev–Trinajstić information content (AvgIpc) is 2.92. The Morgan fingerprint density at radius 2 is 2.19 bits per heavy atom. The number of amides is 1. The van der Waals surface area contributed by atoms with Crippen molar-refractivity contribution in [1.82, 2.24) is 0 Å². The number of aliphatic hydroxyl groups excluding tert-OH is 1. The van der Waals surface area contributed by atoms with E-state index in [4.69, 9.17) is 21.1 Å². The Kier molecular flexibility index (Phi) is 5.04. The molecule has 0 aliphatic carbocycles. The number of hydrogen-bond acceptors (Lipinski definition) is 3. The monoisotopic (exact) mass is 303 g/mol. The van der Waals surface area contributed by atoms with Gasteiger partial charge in [-0.1, -0.05) is 18.8 Å². The van der Waals surface area contributed by atoms with Gasteiger partial charge < -0.3 is 14.8 Å². The highest BCUT2D eigenvalue weighted by Gasteiger charge is 2.12. The molecule has 2 aromatic rings. The third-order valence-corrected chi connectivity index (χ3v) is 3.05. The Morgan fingerprint density at radius 1 is 1.38 bits per heavy atom. The van der Waals surface area contributed by atoms with Crippen molar-refractivity contribution in [3.8, 4) is 11.8 Å². The maximum atomic E-state index is 12.0. The molecule has 1 aromatic heterocycles. The van der Waals surface area contributed by atoms with Crippen LogP contribution in [0.5, 0.6) is 0 Å². The molecule has 0 unspecified atom stereocenters. The van der Waals surface area contributed by atoms with E-state index in [0.717, 1.165) is 17.5 Å². The number of carbonyl (C=O) groups is 1. The van der Waals surface area contributed by atoms with Gasteiger partial charge in [-0.15, -0.1) is 0 Å². The van der Waals surface area contributed by atoms with Crippen LogP contribution in [0, 0.1) is 11.8 Å². The first kappa shape index (κ1) is 15.2. The summed E-state index contributed by atoms with van der Waals surface area (Å²) in [5.41, 5.74) is 2.44. The summed E-state index contributed by atoms with van der Waals surface area (Å²) in [4.78, 5) is 12.0. The predicted molar refractivity (Wildman–Crippen MR) is 81.5 cm³/mol. The molecule has 108 valence electrons. The fourth-order valence-electron chi connectivity index (χ4n) is 1.85. The second kappa shape index (κ2) is 6.98. The lowest BCUT2D eigenvalue weighted by atomic mass is 10.1. The third-order valence-electron chi connectivity index (χ3n) is 2.84. The summed E-state index contributed by atoms with van der Waals surface area (Å²) < 4.78 is 5.07. The Morgan fingerprint density at radius 3 is 2.81 bits per heavy atom. The van der Waals surface area contributed by atoms with Crippen LogP contribution >= 0.6 is 11.6 Å². The van der Waals surface area contributed by atoms with Gasteiger partial charge in [0.25, 0.3) is 5.91 Å². The Bertz CT molecular complexity index is 710. The van der Waals surface area contributed by atoms with E-state index in [-0.39, 0.29) is 23.5 Å². The number of nitrogens with one attached hydrogen (secondary N) is 1. The van der Waals surface area contributed by atoms with Crippen molar-refractivity contribution < 1.29 is 14.3 Å². The summed E-state index contributed by atoms with van der Waals surface area (Å²) in [5.74, 6) is 5.23. The second-order valence-electron chi connectivity index (χ2n) is 4.24. The molecule has 2 rings (SSSR count). The first-order valence-corrected chi connectivity index (χ1v) is 6.81. The van der Waals surface area contributed by atoms with Crippen molar-refractivity contribution in [3.05, 3.63) is 52.4 Å². The summed E-state index contributed by atoms with van der Waals surface area (Å²) in [6, 6.07) is 8.48. The number of aryl methyl sites for hydroxylation is 1. The molecular formula is C16H14ClNO3. The molecule has 1 heterocycles. The van der Waals surface area contributed by atoms with Gasteiger partial charge in [-0.25, -0.2) is 0 Å². The molecule has 0 bridgehead atoms. The number of rotatable bonds is 3.